The molecule has 1 unspecified atom stereocenters. The fourth-order valence-electron chi connectivity index (χ4n) is 3.41. The topological polar surface area (TPSA) is 162 Å². The van der Waals surface area contributed by atoms with Crippen LogP contribution < -0.4 is 4.72 Å². The molecule has 12 nitrogen and oxygen atoms in total. The average molecular weight is 428 g/mol. The molecule has 1 aromatic rings. The predicted octanol–water partition coefficient (Wildman–Crippen LogP) is 1.65. The van der Waals surface area contributed by atoms with Gasteiger partial charge in [-0.25, -0.2) is 17.9 Å². The lowest BCUT2D eigenvalue weighted by Crippen LogP contribution is -2.40. The van der Waals surface area contributed by atoms with E-state index in [0.29, 0.717) is 19.2 Å². The number of fused-ring (bicyclic) bond motifs is 1. The maximum atomic E-state index is 12.6. The molecular weight excluding hydrogens is 408 g/mol. The Morgan fingerprint density at radius 1 is 1.17 bits per heavy atom. The van der Waals surface area contributed by atoms with E-state index in [1.54, 1.807) is 20.8 Å². The number of nitro groups is 2. The normalized spacial score (nSPS) is 23.4. The first-order valence-electron chi connectivity index (χ1n) is 8.73. The zero-order chi connectivity index (χ0) is 21.7. The van der Waals surface area contributed by atoms with E-state index in [2.05, 4.69) is 4.72 Å². The van der Waals surface area contributed by atoms with Crippen LogP contribution in [-0.2, 0) is 14.8 Å². The van der Waals surface area contributed by atoms with Crippen molar-refractivity contribution in [1.29, 1.82) is 0 Å². The van der Waals surface area contributed by atoms with E-state index in [1.165, 1.54) is 4.90 Å². The summed E-state index contributed by atoms with van der Waals surface area (Å²) in [5.41, 5.74) is -2.08. The van der Waals surface area contributed by atoms with E-state index in [1.807, 2.05) is 0 Å². The third kappa shape index (κ3) is 4.29. The lowest BCUT2D eigenvalue weighted by atomic mass is 10.2. The molecule has 3 rings (SSSR count). The number of sulfonamides is 1. The van der Waals surface area contributed by atoms with Crippen LogP contribution in [0, 0.1) is 32.1 Å². The van der Waals surface area contributed by atoms with Crippen molar-refractivity contribution in [3.05, 3.63) is 38.4 Å². The first-order valence-corrected chi connectivity index (χ1v) is 10.2. The molecule has 13 heteroatoms. The highest BCUT2D eigenvalue weighted by molar-refractivity contribution is 7.89. The van der Waals surface area contributed by atoms with Crippen molar-refractivity contribution in [1.82, 2.24) is 9.62 Å². The molecule has 0 spiro atoms. The molecule has 158 valence electrons. The zero-order valence-corrected chi connectivity index (χ0v) is 16.7. The second-order valence-corrected chi connectivity index (χ2v) is 9.71. The molecule has 2 fully saturated rings. The molecule has 1 aliphatic heterocycles. The Bertz CT molecular complexity index is 975. The number of rotatable bonds is 5. The Labute approximate surface area is 166 Å². The van der Waals surface area contributed by atoms with Crippen LogP contribution in [0.4, 0.5) is 16.2 Å². The highest BCUT2D eigenvalue weighted by Crippen LogP contribution is 2.46. The Hall–Kier alpha value is -2.80. The summed E-state index contributed by atoms with van der Waals surface area (Å²) in [5.74, 6) is -0.233. The summed E-state index contributed by atoms with van der Waals surface area (Å²) in [6.45, 7) is 5.87. The number of nitro benzene ring substituents is 2. The molecular formula is C16H20N4O8S. The lowest BCUT2D eigenvalue weighted by molar-refractivity contribution is -0.396. The van der Waals surface area contributed by atoms with Gasteiger partial charge < -0.3 is 9.64 Å². The van der Waals surface area contributed by atoms with Crippen molar-refractivity contribution in [2.75, 3.05) is 13.1 Å². The third-order valence-electron chi connectivity index (χ3n) is 4.78. The number of carbonyl (C=O) groups is 1. The van der Waals surface area contributed by atoms with Gasteiger partial charge in [0.05, 0.1) is 15.9 Å². The van der Waals surface area contributed by atoms with E-state index >= 15 is 0 Å². The second kappa shape index (κ2) is 6.91. The van der Waals surface area contributed by atoms with E-state index in [0.717, 1.165) is 12.1 Å². The van der Waals surface area contributed by atoms with Crippen LogP contribution >= 0.6 is 0 Å². The van der Waals surface area contributed by atoms with E-state index in [9.17, 15) is 33.4 Å². The van der Waals surface area contributed by atoms with Gasteiger partial charge in [0.2, 0.25) is 10.0 Å². The molecule has 1 aliphatic carbocycles. The number of non-ortho nitro benzene ring substituents is 1. The molecule has 3 atom stereocenters. The van der Waals surface area contributed by atoms with Gasteiger partial charge in [0, 0.05) is 25.2 Å². The number of likely N-dealkylation sites (tertiary alicyclic amines) is 1. The first-order chi connectivity index (χ1) is 13.3. The van der Waals surface area contributed by atoms with Gasteiger partial charge >= 0.3 is 6.09 Å². The Kier molecular flexibility index (Phi) is 4.99. The summed E-state index contributed by atoms with van der Waals surface area (Å²) < 4.78 is 33.0. The lowest BCUT2D eigenvalue weighted by Gasteiger charge is -2.26. The van der Waals surface area contributed by atoms with Crippen molar-refractivity contribution in [3.8, 4) is 0 Å². The molecule has 0 bridgehead atoms. The van der Waals surface area contributed by atoms with Gasteiger partial charge in [-0.15, -0.1) is 0 Å². The number of hydrogen-bond acceptors (Lipinski definition) is 8. The van der Waals surface area contributed by atoms with Gasteiger partial charge in [0.25, 0.3) is 11.4 Å². The van der Waals surface area contributed by atoms with E-state index in [4.69, 9.17) is 4.74 Å². The predicted molar refractivity (Wildman–Crippen MR) is 98.6 cm³/mol. The number of piperidine rings is 1. The van der Waals surface area contributed by atoms with Gasteiger partial charge in [-0.1, -0.05) is 0 Å². The molecule has 1 heterocycles. The third-order valence-corrected chi connectivity index (χ3v) is 6.28. The summed E-state index contributed by atoms with van der Waals surface area (Å²) >= 11 is 0. The molecule has 1 amide bonds. The smallest absolute Gasteiger partial charge is 0.410 e. The zero-order valence-electron chi connectivity index (χ0n) is 15.9. The van der Waals surface area contributed by atoms with Crippen LogP contribution in [-0.4, -0.2) is 54.0 Å². The van der Waals surface area contributed by atoms with Crippen LogP contribution in [0.2, 0.25) is 0 Å². The van der Waals surface area contributed by atoms with Crippen LogP contribution in [0.3, 0.4) is 0 Å². The maximum Gasteiger partial charge on any atom is 0.410 e. The van der Waals surface area contributed by atoms with Crippen molar-refractivity contribution in [2.24, 2.45) is 11.8 Å². The molecule has 29 heavy (non-hydrogen) atoms. The number of carbonyl (C=O) groups excluding carboxylic acids is 1. The quantitative estimate of drug-likeness (QED) is 0.546. The minimum absolute atomic E-state index is 0.116. The monoisotopic (exact) mass is 428 g/mol. The number of benzene rings is 1. The standard InChI is InChI=1S/C16H20N4O8S/c1-16(2,3)28-15(21)18-7-10-11(8-18)14(10)17-29(26,27)13-5-4-9(19(22)23)6-12(13)20(24)25/h4-6,10-11,14,17H,7-8H2,1-3H3/t10-,11+,14?. The van der Waals surface area contributed by atoms with Crippen molar-refractivity contribution < 1.29 is 27.8 Å². The minimum Gasteiger partial charge on any atom is -0.444 e. The summed E-state index contributed by atoms with van der Waals surface area (Å²) in [7, 11) is -4.27. The summed E-state index contributed by atoms with van der Waals surface area (Å²) in [6, 6.07) is 1.91. The summed E-state index contributed by atoms with van der Waals surface area (Å²) in [4.78, 5) is 33.1. The summed E-state index contributed by atoms with van der Waals surface area (Å²) in [6.07, 6.45) is -0.475. The van der Waals surface area contributed by atoms with Gasteiger partial charge in [-0.05, 0) is 38.7 Å². The highest BCUT2D eigenvalue weighted by Gasteiger charge is 2.58. The molecule has 0 aromatic heterocycles. The maximum absolute atomic E-state index is 12.6. The van der Waals surface area contributed by atoms with Crippen molar-refractivity contribution in [3.63, 3.8) is 0 Å². The van der Waals surface area contributed by atoms with Crippen LogP contribution in [0.1, 0.15) is 20.8 Å². The number of ether oxygens (including phenoxy) is 1. The van der Waals surface area contributed by atoms with Gasteiger partial charge in [-0.2, -0.15) is 0 Å². The largest absolute Gasteiger partial charge is 0.444 e. The Balaban J connectivity index is 1.70. The number of nitrogens with zero attached hydrogens (tertiary/aromatic N) is 3. The SMILES string of the molecule is CC(C)(C)OC(=O)N1C[C@@H]2C(NS(=O)(=O)c3ccc([N+](=O)[O-])cc3[N+](=O)[O-])[C@@H]2C1. The minimum atomic E-state index is -4.27. The number of nitrogens with one attached hydrogen (secondary N) is 1. The fraction of sp³-hybridized carbons (Fsp3) is 0.562. The van der Waals surface area contributed by atoms with Crippen molar-refractivity contribution in [2.45, 2.75) is 37.3 Å². The molecule has 1 saturated heterocycles. The van der Waals surface area contributed by atoms with Crippen LogP contribution in [0.5, 0.6) is 0 Å². The van der Waals surface area contributed by atoms with Gasteiger partial charge in [-0.3, -0.25) is 20.2 Å². The molecule has 1 saturated carbocycles. The average Bonchev–Trinajstić information content (AvgIpc) is 3.02. The molecule has 0 radical (unpaired) electrons. The highest BCUT2D eigenvalue weighted by atomic mass is 32.2. The van der Waals surface area contributed by atoms with E-state index in [-0.39, 0.29) is 11.8 Å². The Morgan fingerprint density at radius 2 is 1.76 bits per heavy atom. The van der Waals surface area contributed by atoms with E-state index < -0.39 is 53.9 Å². The fourth-order valence-corrected chi connectivity index (χ4v) is 4.90. The first kappa shape index (κ1) is 20.9. The van der Waals surface area contributed by atoms with Gasteiger partial charge in [0.15, 0.2) is 4.90 Å². The second-order valence-electron chi connectivity index (χ2n) is 8.03. The Morgan fingerprint density at radius 3 is 2.24 bits per heavy atom. The number of hydrogen-bond donors (Lipinski definition) is 1. The van der Waals surface area contributed by atoms with Crippen LogP contribution in [0.15, 0.2) is 23.1 Å². The van der Waals surface area contributed by atoms with Crippen LogP contribution in [0.25, 0.3) is 0 Å². The van der Waals surface area contributed by atoms with Crippen molar-refractivity contribution >= 4 is 27.5 Å². The number of amides is 1. The molecule has 2 aliphatic rings. The molecule has 1 N–H and O–H groups in total. The van der Waals surface area contributed by atoms with Gasteiger partial charge in [0.1, 0.15) is 5.60 Å². The summed E-state index contributed by atoms with van der Waals surface area (Å²) in [5, 5.41) is 22.0. The molecule has 1 aromatic carbocycles.